The van der Waals surface area contributed by atoms with E-state index in [0.717, 1.165) is 0 Å². The Balaban J connectivity index is 2.49. The Morgan fingerprint density at radius 3 is 2.62 bits per heavy atom. The third-order valence-electron chi connectivity index (χ3n) is 2.59. The number of hydrogen-bond acceptors (Lipinski definition) is 4. The third kappa shape index (κ3) is 2.42. The zero-order chi connectivity index (χ0) is 9.84. The number of carbonyl (C=O) groups excluding carboxylic acids is 1. The van der Waals surface area contributed by atoms with Gasteiger partial charge in [0.2, 0.25) is 0 Å². The number of esters is 1. The summed E-state index contributed by atoms with van der Waals surface area (Å²) >= 11 is 0. The van der Waals surface area contributed by atoms with E-state index in [4.69, 9.17) is 4.74 Å². The molecule has 1 rings (SSSR count). The number of methoxy groups -OCH3 is 2. The van der Waals surface area contributed by atoms with Gasteiger partial charge < -0.3 is 14.6 Å². The van der Waals surface area contributed by atoms with Gasteiger partial charge in [-0.05, 0) is 19.3 Å². The zero-order valence-corrected chi connectivity index (χ0v) is 8.03. The summed E-state index contributed by atoms with van der Waals surface area (Å²) in [5.74, 6) is -0.313. The molecule has 0 aromatic carbocycles. The van der Waals surface area contributed by atoms with Crippen LogP contribution in [0.2, 0.25) is 0 Å². The summed E-state index contributed by atoms with van der Waals surface area (Å²) in [6.07, 6.45) is 1.19. The van der Waals surface area contributed by atoms with Gasteiger partial charge in [-0.3, -0.25) is 4.79 Å². The number of rotatable bonds is 2. The highest BCUT2D eigenvalue weighted by Crippen LogP contribution is 2.27. The Morgan fingerprint density at radius 1 is 1.38 bits per heavy atom. The molecule has 0 saturated heterocycles. The first-order chi connectivity index (χ1) is 6.19. The third-order valence-corrected chi connectivity index (χ3v) is 2.59. The van der Waals surface area contributed by atoms with Crippen LogP contribution in [-0.2, 0) is 14.3 Å². The zero-order valence-electron chi connectivity index (χ0n) is 8.03. The molecule has 0 aliphatic heterocycles. The Kier molecular flexibility index (Phi) is 3.69. The molecule has 76 valence electrons. The van der Waals surface area contributed by atoms with Crippen LogP contribution in [-0.4, -0.2) is 37.5 Å². The average molecular weight is 188 g/mol. The van der Waals surface area contributed by atoms with Crippen molar-refractivity contribution in [3.05, 3.63) is 0 Å². The molecule has 1 aliphatic rings. The number of ether oxygens (including phenoxy) is 2. The first kappa shape index (κ1) is 10.5. The van der Waals surface area contributed by atoms with Crippen LogP contribution in [0.1, 0.15) is 19.3 Å². The second kappa shape index (κ2) is 4.58. The van der Waals surface area contributed by atoms with Gasteiger partial charge in [0.25, 0.3) is 0 Å². The maximum atomic E-state index is 11.2. The number of hydrogen-bond donors (Lipinski definition) is 1. The molecule has 1 N–H and O–H groups in total. The number of aliphatic hydroxyl groups excluding tert-OH is 1. The Bertz CT molecular complexity index is 180. The van der Waals surface area contributed by atoms with Crippen LogP contribution < -0.4 is 0 Å². The van der Waals surface area contributed by atoms with E-state index in [1.165, 1.54) is 7.11 Å². The lowest BCUT2D eigenvalue weighted by atomic mass is 9.85. The predicted molar refractivity (Wildman–Crippen MR) is 46.2 cm³/mol. The summed E-state index contributed by atoms with van der Waals surface area (Å²) in [4.78, 5) is 11.2. The highest BCUT2D eigenvalue weighted by molar-refractivity contribution is 5.72. The van der Waals surface area contributed by atoms with Crippen LogP contribution in [0.25, 0.3) is 0 Å². The quantitative estimate of drug-likeness (QED) is 0.635. The maximum absolute atomic E-state index is 11.2. The van der Waals surface area contributed by atoms with Crippen molar-refractivity contribution in [1.29, 1.82) is 0 Å². The summed E-state index contributed by atoms with van der Waals surface area (Å²) in [7, 11) is 2.93. The lowest BCUT2D eigenvalue weighted by Gasteiger charge is -2.30. The lowest BCUT2D eigenvalue weighted by Crippen LogP contribution is -2.38. The molecule has 0 bridgehead atoms. The number of aliphatic hydroxyl groups is 1. The highest BCUT2D eigenvalue weighted by atomic mass is 16.5. The van der Waals surface area contributed by atoms with Gasteiger partial charge in [-0.2, -0.15) is 0 Å². The van der Waals surface area contributed by atoms with Gasteiger partial charge in [-0.1, -0.05) is 0 Å². The van der Waals surface area contributed by atoms with E-state index < -0.39 is 6.10 Å². The minimum Gasteiger partial charge on any atom is -0.469 e. The van der Waals surface area contributed by atoms with Crippen molar-refractivity contribution in [3.8, 4) is 0 Å². The molecule has 0 aromatic heterocycles. The van der Waals surface area contributed by atoms with E-state index in [1.807, 2.05) is 0 Å². The molecule has 1 aliphatic carbocycles. The fourth-order valence-corrected chi connectivity index (χ4v) is 1.75. The predicted octanol–water partition coefficient (Wildman–Crippen LogP) is 0.335. The van der Waals surface area contributed by atoms with Crippen LogP contribution in [0, 0.1) is 5.92 Å². The van der Waals surface area contributed by atoms with Gasteiger partial charge in [-0.25, -0.2) is 0 Å². The van der Waals surface area contributed by atoms with Crippen molar-refractivity contribution in [2.45, 2.75) is 31.5 Å². The minimum atomic E-state index is -0.439. The largest absolute Gasteiger partial charge is 0.469 e. The van der Waals surface area contributed by atoms with Crippen molar-refractivity contribution < 1.29 is 19.4 Å². The molecule has 4 nitrogen and oxygen atoms in total. The van der Waals surface area contributed by atoms with Gasteiger partial charge in [-0.15, -0.1) is 0 Å². The van der Waals surface area contributed by atoms with Crippen molar-refractivity contribution >= 4 is 5.97 Å². The summed E-state index contributed by atoms with van der Waals surface area (Å²) in [6.45, 7) is 0. The van der Waals surface area contributed by atoms with Crippen molar-refractivity contribution in [2.24, 2.45) is 5.92 Å². The molecule has 0 spiro atoms. The van der Waals surface area contributed by atoms with Crippen LogP contribution >= 0.6 is 0 Å². The van der Waals surface area contributed by atoms with Gasteiger partial charge in [0.1, 0.15) is 0 Å². The molecule has 0 aromatic rings. The van der Waals surface area contributed by atoms with Crippen molar-refractivity contribution in [2.75, 3.05) is 14.2 Å². The van der Waals surface area contributed by atoms with Gasteiger partial charge in [0, 0.05) is 7.11 Å². The molecule has 1 fully saturated rings. The topological polar surface area (TPSA) is 55.8 Å². The van der Waals surface area contributed by atoms with E-state index in [2.05, 4.69) is 4.74 Å². The van der Waals surface area contributed by atoms with E-state index >= 15 is 0 Å². The van der Waals surface area contributed by atoms with Crippen LogP contribution in [0.15, 0.2) is 0 Å². The normalized spacial score (nSPS) is 34.2. The van der Waals surface area contributed by atoms with Gasteiger partial charge >= 0.3 is 5.97 Å². The van der Waals surface area contributed by atoms with Gasteiger partial charge in [0.05, 0.1) is 25.2 Å². The van der Waals surface area contributed by atoms with E-state index in [0.29, 0.717) is 19.3 Å². The molecule has 0 unspecified atom stereocenters. The SMILES string of the molecule is COC(=O)[C@H]1CC[C@@H](O)[C@H](OC)C1. The fourth-order valence-electron chi connectivity index (χ4n) is 1.75. The smallest absolute Gasteiger partial charge is 0.308 e. The Hall–Kier alpha value is -0.610. The summed E-state index contributed by atoms with van der Waals surface area (Å²) in [5.41, 5.74) is 0. The van der Waals surface area contributed by atoms with Crippen LogP contribution in [0.4, 0.5) is 0 Å². The highest BCUT2D eigenvalue weighted by Gasteiger charge is 2.33. The average Bonchev–Trinajstić information content (AvgIpc) is 2.17. The van der Waals surface area contributed by atoms with Crippen LogP contribution in [0.3, 0.4) is 0 Å². The Labute approximate surface area is 77.8 Å². The maximum Gasteiger partial charge on any atom is 0.308 e. The molecular formula is C9H16O4. The molecule has 0 radical (unpaired) electrons. The first-order valence-electron chi connectivity index (χ1n) is 4.47. The second-order valence-corrected chi connectivity index (χ2v) is 3.37. The van der Waals surface area contributed by atoms with E-state index in [-0.39, 0.29) is 18.0 Å². The monoisotopic (exact) mass is 188 g/mol. The van der Waals surface area contributed by atoms with E-state index in [9.17, 15) is 9.90 Å². The molecule has 3 atom stereocenters. The lowest BCUT2D eigenvalue weighted by molar-refractivity contribution is -0.150. The molecule has 13 heavy (non-hydrogen) atoms. The molecular weight excluding hydrogens is 172 g/mol. The molecule has 0 heterocycles. The second-order valence-electron chi connectivity index (χ2n) is 3.37. The molecule has 4 heteroatoms. The van der Waals surface area contributed by atoms with Crippen molar-refractivity contribution in [1.82, 2.24) is 0 Å². The van der Waals surface area contributed by atoms with Crippen molar-refractivity contribution in [3.63, 3.8) is 0 Å². The first-order valence-corrected chi connectivity index (χ1v) is 4.47. The van der Waals surface area contributed by atoms with E-state index in [1.54, 1.807) is 7.11 Å². The Morgan fingerprint density at radius 2 is 2.08 bits per heavy atom. The summed E-state index contributed by atoms with van der Waals surface area (Å²) in [5, 5.41) is 9.46. The fraction of sp³-hybridized carbons (Fsp3) is 0.889. The number of carbonyl (C=O) groups is 1. The van der Waals surface area contributed by atoms with Crippen LogP contribution in [0.5, 0.6) is 0 Å². The molecule has 0 amide bonds. The standard InChI is InChI=1S/C9H16O4/c1-12-8-5-6(9(11)13-2)3-4-7(8)10/h6-8,10H,3-5H2,1-2H3/t6-,7+,8+/m0/s1. The summed E-state index contributed by atoms with van der Waals surface area (Å²) < 4.78 is 9.71. The molecule has 1 saturated carbocycles. The van der Waals surface area contributed by atoms with Gasteiger partial charge in [0.15, 0.2) is 0 Å². The summed E-state index contributed by atoms with van der Waals surface area (Å²) in [6, 6.07) is 0. The minimum absolute atomic E-state index is 0.113.